The van der Waals surface area contributed by atoms with E-state index in [1.54, 1.807) is 0 Å². The average Bonchev–Trinajstić information content (AvgIpc) is 1.12. The minimum atomic E-state index is -5.88. The molecule has 0 heterocycles. The van der Waals surface area contributed by atoms with E-state index in [0.717, 1.165) is 0 Å². The van der Waals surface area contributed by atoms with Crippen molar-refractivity contribution >= 4 is 59.4 Å². The van der Waals surface area contributed by atoms with Crippen LogP contribution in [0.2, 0.25) is 0 Å². The third-order valence-corrected chi connectivity index (χ3v) is 0. The molecule has 0 spiro atoms. The molecule has 0 atom stereocenters. The first-order valence-corrected chi connectivity index (χ1v) is 7.59. The van der Waals surface area contributed by atoms with E-state index < -0.39 is 29.0 Å². The van der Waals surface area contributed by atoms with Crippen LogP contribution in [0.4, 0.5) is 0 Å². The van der Waals surface area contributed by atoms with Crippen LogP contribution in [-0.2, 0) is 7.48 Å². The van der Waals surface area contributed by atoms with E-state index in [1.165, 1.54) is 0 Å². The van der Waals surface area contributed by atoms with Crippen LogP contribution in [0, 0.1) is 0 Å². The van der Waals surface area contributed by atoms with Crippen molar-refractivity contribution in [2.24, 2.45) is 0 Å². The molecule has 64 valence electrons. The molecule has 0 N–H and O–H groups in total. The third-order valence-electron chi connectivity index (χ3n) is 0. The van der Waals surface area contributed by atoms with Crippen molar-refractivity contribution in [3.63, 3.8) is 0 Å². The maximum absolute atomic E-state index is 8.61. The zero-order valence-electron chi connectivity index (χ0n) is 6.28. The molecule has 0 fully saturated rings. The van der Waals surface area contributed by atoms with Crippen LogP contribution in [0.3, 0.4) is 0 Å². The van der Waals surface area contributed by atoms with Crippen LogP contribution in [-0.4, -0.2) is 59.4 Å². The van der Waals surface area contributed by atoms with Crippen LogP contribution < -0.4 is 24.6 Å². The molecule has 0 saturated carbocycles. The van der Waals surface area contributed by atoms with Gasteiger partial charge >= 0.3 is 91.4 Å². The molecular formula is As2Be3O8. The van der Waals surface area contributed by atoms with Crippen molar-refractivity contribution in [3.05, 3.63) is 0 Å². The predicted molar refractivity (Wildman–Crippen MR) is 30.1 cm³/mol. The van der Waals surface area contributed by atoms with Gasteiger partial charge in [0.15, 0.2) is 0 Å². The summed E-state index contributed by atoms with van der Waals surface area (Å²) < 4.78 is 68.9. The summed E-state index contributed by atoms with van der Waals surface area (Å²) in [4.78, 5) is 0. The Bertz CT molecular complexity index is 130. The molecular weight excluding hydrogens is 305 g/mol. The first-order valence-electron chi connectivity index (χ1n) is 1.46. The molecule has 0 amide bonds. The molecule has 0 aliphatic heterocycles. The number of hydrogen-bond donors (Lipinski definition) is 0. The third kappa shape index (κ3) is 1620. The normalized spacial score (nSPS) is 9.08. The minimum Gasteiger partial charge on any atom is 2.00 e. The van der Waals surface area contributed by atoms with Crippen molar-refractivity contribution in [1.29, 1.82) is 0 Å². The zero-order chi connectivity index (χ0) is 9.00. The van der Waals surface area contributed by atoms with Gasteiger partial charge < -0.3 is 0 Å². The smallest absolute Gasteiger partial charge is 2.00 e. The van der Waals surface area contributed by atoms with Crippen LogP contribution in [0.25, 0.3) is 0 Å². The van der Waals surface area contributed by atoms with E-state index in [0.29, 0.717) is 0 Å². The zero-order valence-corrected chi connectivity index (χ0v) is 10.0. The summed E-state index contributed by atoms with van der Waals surface area (Å²) in [6.07, 6.45) is 0. The van der Waals surface area contributed by atoms with Crippen molar-refractivity contribution in [2.45, 2.75) is 0 Å². The summed E-state index contributed by atoms with van der Waals surface area (Å²) in [5.41, 5.74) is 0. The summed E-state index contributed by atoms with van der Waals surface area (Å²) in [6, 6.07) is 0. The Labute approximate surface area is 91.3 Å². The number of hydrogen-bond acceptors (Lipinski definition) is 8. The Morgan fingerprint density at radius 2 is 0.538 bits per heavy atom. The molecule has 0 aromatic rings. The fraction of sp³-hybridized carbons (Fsp3) is 0. The molecule has 13 heteroatoms. The quantitative estimate of drug-likeness (QED) is 0.396. The van der Waals surface area contributed by atoms with Gasteiger partial charge in [-0.05, 0) is 0 Å². The second kappa shape index (κ2) is 11.1. The fourth-order valence-corrected chi connectivity index (χ4v) is 0. The average molecular weight is 305 g/mol. The molecule has 8 nitrogen and oxygen atoms in total. The Morgan fingerprint density at radius 1 is 0.538 bits per heavy atom. The Hall–Kier alpha value is 0.983. The Morgan fingerprint density at radius 3 is 0.538 bits per heavy atom. The molecule has 0 aliphatic carbocycles. The molecule has 0 rings (SSSR count). The van der Waals surface area contributed by atoms with E-state index in [4.69, 9.17) is 32.1 Å². The van der Waals surface area contributed by atoms with E-state index in [2.05, 4.69) is 0 Å². The second-order valence-electron chi connectivity index (χ2n) is 0.894. The van der Waals surface area contributed by atoms with Crippen molar-refractivity contribution < 1.29 is 32.1 Å². The van der Waals surface area contributed by atoms with Gasteiger partial charge in [0.05, 0.1) is 0 Å². The van der Waals surface area contributed by atoms with Crippen LogP contribution in [0.15, 0.2) is 0 Å². The van der Waals surface area contributed by atoms with E-state index in [9.17, 15) is 0 Å². The largest absolute Gasteiger partial charge is 2.00 e. The Kier molecular flexibility index (Phi) is 24.9. The van der Waals surface area contributed by atoms with Crippen molar-refractivity contribution in [2.75, 3.05) is 0 Å². The van der Waals surface area contributed by atoms with Crippen molar-refractivity contribution in [3.8, 4) is 0 Å². The maximum atomic E-state index is 8.61. The fourth-order valence-electron chi connectivity index (χ4n) is 0. The van der Waals surface area contributed by atoms with Gasteiger partial charge in [-0.2, -0.15) is 0 Å². The van der Waals surface area contributed by atoms with Gasteiger partial charge in [-0.1, -0.05) is 0 Å². The first kappa shape index (κ1) is 29.2. The molecule has 0 aromatic heterocycles. The van der Waals surface area contributed by atoms with Crippen LogP contribution >= 0.6 is 0 Å². The summed E-state index contributed by atoms with van der Waals surface area (Å²) in [5.74, 6) is 0. The summed E-state index contributed by atoms with van der Waals surface area (Å²) in [7, 11) is 0. The van der Waals surface area contributed by atoms with Gasteiger partial charge in [-0.15, -0.1) is 0 Å². The SMILES string of the molecule is O=[As]([O-])([O-])[O-].O=[As]([O-])([O-])[O-].[Be+2].[Be+2].[Be+2]. The number of rotatable bonds is 0. The maximum Gasteiger partial charge on any atom is 2.00 e. The van der Waals surface area contributed by atoms with Gasteiger partial charge in [0, 0.05) is 0 Å². The van der Waals surface area contributed by atoms with Gasteiger partial charge in [-0.25, -0.2) is 0 Å². The molecule has 0 aromatic carbocycles. The van der Waals surface area contributed by atoms with Gasteiger partial charge in [-0.3, -0.25) is 0 Å². The van der Waals surface area contributed by atoms with Crippen molar-refractivity contribution in [1.82, 2.24) is 0 Å². The molecule has 0 saturated heterocycles. The molecule has 13 heavy (non-hydrogen) atoms. The van der Waals surface area contributed by atoms with Gasteiger partial charge in [0.25, 0.3) is 0 Å². The van der Waals surface area contributed by atoms with Gasteiger partial charge in [0.1, 0.15) is 0 Å². The summed E-state index contributed by atoms with van der Waals surface area (Å²) in [5, 5.41) is 0. The van der Waals surface area contributed by atoms with E-state index >= 15 is 0 Å². The first-order chi connectivity index (χ1) is 4.00. The molecule has 0 bridgehead atoms. The van der Waals surface area contributed by atoms with Crippen LogP contribution in [0.5, 0.6) is 0 Å². The minimum absolute atomic E-state index is 0. The van der Waals surface area contributed by atoms with E-state index in [1.807, 2.05) is 0 Å². The summed E-state index contributed by atoms with van der Waals surface area (Å²) >= 11 is -11.8. The van der Waals surface area contributed by atoms with E-state index in [-0.39, 0.29) is 30.4 Å². The molecule has 0 radical (unpaired) electrons. The monoisotopic (exact) mass is 305 g/mol. The molecule has 0 unspecified atom stereocenters. The topological polar surface area (TPSA) is 172 Å². The van der Waals surface area contributed by atoms with Gasteiger partial charge in [0.2, 0.25) is 0 Å². The molecule has 0 aliphatic rings. The summed E-state index contributed by atoms with van der Waals surface area (Å²) in [6.45, 7) is 0. The van der Waals surface area contributed by atoms with Crippen LogP contribution in [0.1, 0.15) is 0 Å². The standard InChI is InChI=1S/2AsH3O4.3Be/c2*2-1(3,4)5;;;/h2*(H3,2,3,4,5);;;/q;;3*+2/p-6. The second-order valence-corrected chi connectivity index (χ2v) is 4.65. The Balaban J connectivity index is -0.0000000267. The predicted octanol–water partition coefficient (Wildman–Crippen LogP) is -9.28.